The number of ether oxygens (including phenoxy) is 1. The van der Waals surface area contributed by atoms with Crippen LogP contribution < -0.4 is 21.1 Å². The first-order valence-corrected chi connectivity index (χ1v) is 9.75. The molecule has 1 aromatic heterocycles. The molecule has 1 aliphatic rings. The number of nitrogens with two attached hydrogens (primary N) is 1. The van der Waals surface area contributed by atoms with E-state index in [1.165, 1.54) is 24.4 Å². The van der Waals surface area contributed by atoms with Crippen LogP contribution in [-0.2, 0) is 9.59 Å². The molecule has 1 fully saturated rings. The van der Waals surface area contributed by atoms with Crippen molar-refractivity contribution in [1.29, 1.82) is 0 Å². The molecule has 31 heavy (non-hydrogen) atoms. The molecule has 3 aromatic rings. The summed E-state index contributed by atoms with van der Waals surface area (Å²) >= 11 is 0. The fourth-order valence-electron chi connectivity index (χ4n) is 3.18. The van der Waals surface area contributed by atoms with Crippen molar-refractivity contribution >= 4 is 29.0 Å². The van der Waals surface area contributed by atoms with Crippen molar-refractivity contribution < 1.29 is 18.7 Å². The zero-order valence-electron chi connectivity index (χ0n) is 16.8. The van der Waals surface area contributed by atoms with E-state index in [1.54, 1.807) is 37.3 Å². The van der Waals surface area contributed by atoms with Gasteiger partial charge in [0.2, 0.25) is 11.8 Å². The van der Waals surface area contributed by atoms with Gasteiger partial charge in [-0.25, -0.2) is 9.37 Å². The molecule has 158 valence electrons. The van der Waals surface area contributed by atoms with Gasteiger partial charge in [-0.05, 0) is 49.6 Å². The Morgan fingerprint density at radius 2 is 1.77 bits per heavy atom. The summed E-state index contributed by atoms with van der Waals surface area (Å²) in [5.74, 6) is -0.623. The Kier molecular flexibility index (Phi) is 5.29. The molecular weight excluding hydrogens is 399 g/mol. The number of carbonyl (C=O) groups excluding carboxylic acids is 2. The van der Waals surface area contributed by atoms with Crippen molar-refractivity contribution in [2.75, 3.05) is 16.4 Å². The summed E-state index contributed by atoms with van der Waals surface area (Å²) in [5.41, 5.74) is 5.63. The van der Waals surface area contributed by atoms with E-state index in [9.17, 15) is 14.0 Å². The summed E-state index contributed by atoms with van der Waals surface area (Å²) in [4.78, 5) is 29.4. The van der Waals surface area contributed by atoms with Gasteiger partial charge in [0.15, 0.2) is 0 Å². The number of hydrogen-bond donors (Lipinski definition) is 3. The van der Waals surface area contributed by atoms with Gasteiger partial charge in [-0.1, -0.05) is 18.2 Å². The highest BCUT2D eigenvalue weighted by Crippen LogP contribution is 2.47. The average Bonchev–Trinajstić information content (AvgIpc) is 3.55. The van der Waals surface area contributed by atoms with Gasteiger partial charge in [-0.3, -0.25) is 9.59 Å². The Labute approximate surface area is 178 Å². The minimum absolute atomic E-state index is 0.0112. The van der Waals surface area contributed by atoms with Crippen molar-refractivity contribution in [3.05, 3.63) is 72.2 Å². The minimum Gasteiger partial charge on any atom is -0.457 e. The highest BCUT2D eigenvalue weighted by Gasteiger charge is 2.56. The fraction of sp³-hybridized carbons (Fsp3) is 0.174. The number of hydrogen-bond acceptors (Lipinski definition) is 5. The third-order valence-electron chi connectivity index (χ3n) is 5.14. The van der Waals surface area contributed by atoms with Gasteiger partial charge in [0.05, 0.1) is 5.69 Å². The van der Waals surface area contributed by atoms with Gasteiger partial charge in [0, 0.05) is 24.0 Å². The van der Waals surface area contributed by atoms with Crippen LogP contribution in [0.3, 0.4) is 0 Å². The molecule has 0 atom stereocenters. The number of pyridine rings is 1. The van der Waals surface area contributed by atoms with Crippen LogP contribution in [0.5, 0.6) is 11.5 Å². The third-order valence-corrected chi connectivity index (χ3v) is 5.14. The van der Waals surface area contributed by atoms with Crippen LogP contribution in [0, 0.1) is 18.2 Å². The van der Waals surface area contributed by atoms with Gasteiger partial charge in [-0.15, -0.1) is 0 Å². The number of aromatic nitrogens is 1. The van der Waals surface area contributed by atoms with Crippen LogP contribution >= 0.6 is 0 Å². The lowest BCUT2D eigenvalue weighted by Crippen LogP contribution is -2.35. The number of halogens is 1. The number of nitrogens with zero attached hydrogens (tertiary/aromatic N) is 1. The van der Waals surface area contributed by atoms with Gasteiger partial charge in [-0.2, -0.15) is 0 Å². The number of anilines is 3. The molecule has 2 aromatic carbocycles. The lowest BCUT2D eigenvalue weighted by Gasteiger charge is -2.17. The van der Waals surface area contributed by atoms with E-state index >= 15 is 0 Å². The van der Waals surface area contributed by atoms with E-state index in [2.05, 4.69) is 15.6 Å². The highest BCUT2D eigenvalue weighted by molar-refractivity contribution is 6.16. The summed E-state index contributed by atoms with van der Waals surface area (Å²) in [6.45, 7) is 1.73. The van der Waals surface area contributed by atoms with Crippen LogP contribution in [0.1, 0.15) is 18.4 Å². The summed E-state index contributed by atoms with van der Waals surface area (Å²) in [6.07, 6.45) is 2.30. The first-order chi connectivity index (χ1) is 14.9. The molecule has 8 heteroatoms. The number of carbonyl (C=O) groups is 2. The molecule has 0 spiro atoms. The predicted molar refractivity (Wildman–Crippen MR) is 115 cm³/mol. The summed E-state index contributed by atoms with van der Waals surface area (Å²) < 4.78 is 20.4. The SMILES string of the molecule is Cc1cc(NC(=O)C2(C(=O)Nc3ccccc3)CC2)c(F)cc1Oc1ccnc(N)c1. The van der Waals surface area contributed by atoms with E-state index in [0.29, 0.717) is 29.8 Å². The van der Waals surface area contributed by atoms with Crippen molar-refractivity contribution in [3.8, 4) is 11.5 Å². The molecule has 1 aliphatic carbocycles. The van der Waals surface area contributed by atoms with Crippen LogP contribution in [0.2, 0.25) is 0 Å². The Morgan fingerprint density at radius 3 is 2.45 bits per heavy atom. The number of rotatable bonds is 6. The van der Waals surface area contributed by atoms with E-state index in [1.807, 2.05) is 6.07 Å². The maximum Gasteiger partial charge on any atom is 0.240 e. The van der Waals surface area contributed by atoms with Gasteiger partial charge >= 0.3 is 0 Å². The number of nitrogen functional groups attached to an aromatic ring is 1. The van der Waals surface area contributed by atoms with Crippen molar-refractivity contribution in [1.82, 2.24) is 4.98 Å². The number of aryl methyl sites for hydroxylation is 1. The summed E-state index contributed by atoms with van der Waals surface area (Å²) in [5, 5.41) is 5.31. The smallest absolute Gasteiger partial charge is 0.240 e. The first kappa shape index (κ1) is 20.3. The van der Waals surface area contributed by atoms with E-state index < -0.39 is 23.0 Å². The fourth-order valence-corrected chi connectivity index (χ4v) is 3.18. The summed E-state index contributed by atoms with van der Waals surface area (Å²) in [7, 11) is 0. The molecule has 0 unspecified atom stereocenters. The first-order valence-electron chi connectivity index (χ1n) is 9.75. The number of amides is 2. The number of nitrogens with one attached hydrogen (secondary N) is 2. The van der Waals surface area contributed by atoms with Gasteiger partial charge in [0.25, 0.3) is 0 Å². The normalized spacial score (nSPS) is 13.9. The predicted octanol–water partition coefficient (Wildman–Crippen LogP) is 4.26. The molecule has 1 heterocycles. The molecule has 0 bridgehead atoms. The molecule has 7 nitrogen and oxygen atoms in total. The van der Waals surface area contributed by atoms with E-state index in [4.69, 9.17) is 10.5 Å². The molecule has 0 saturated heterocycles. The maximum absolute atomic E-state index is 14.7. The number of benzene rings is 2. The standard InChI is InChI=1S/C23H21FN4O3/c1-14-11-18(17(24)13-19(14)31-16-7-10-26-20(25)12-16)28-22(30)23(8-9-23)21(29)27-15-5-3-2-4-6-15/h2-7,10-13H,8-9H2,1H3,(H2,25,26)(H,27,29)(H,28,30). The van der Waals surface area contributed by atoms with Crippen LogP contribution in [0.15, 0.2) is 60.8 Å². The molecule has 1 saturated carbocycles. The van der Waals surface area contributed by atoms with Gasteiger partial charge in [0.1, 0.15) is 28.5 Å². The Hall–Kier alpha value is -3.94. The Bertz CT molecular complexity index is 1150. The molecule has 4 N–H and O–H groups in total. The lowest BCUT2D eigenvalue weighted by molar-refractivity contribution is -0.131. The molecule has 2 amide bonds. The van der Waals surface area contributed by atoms with E-state index in [-0.39, 0.29) is 17.3 Å². The van der Waals surface area contributed by atoms with E-state index in [0.717, 1.165) is 0 Å². The topological polar surface area (TPSA) is 106 Å². The minimum atomic E-state index is -1.19. The van der Waals surface area contributed by atoms with Crippen molar-refractivity contribution in [2.24, 2.45) is 5.41 Å². The van der Waals surface area contributed by atoms with Crippen molar-refractivity contribution in [3.63, 3.8) is 0 Å². The Balaban J connectivity index is 1.48. The second-order valence-electron chi connectivity index (χ2n) is 7.47. The van der Waals surface area contributed by atoms with Crippen LogP contribution in [-0.4, -0.2) is 16.8 Å². The zero-order chi connectivity index (χ0) is 22.0. The average molecular weight is 420 g/mol. The van der Waals surface area contributed by atoms with Crippen LogP contribution in [0.4, 0.5) is 21.6 Å². The molecular formula is C23H21FN4O3. The highest BCUT2D eigenvalue weighted by atomic mass is 19.1. The Morgan fingerprint density at radius 1 is 1.06 bits per heavy atom. The largest absolute Gasteiger partial charge is 0.457 e. The van der Waals surface area contributed by atoms with Crippen LogP contribution in [0.25, 0.3) is 0 Å². The monoisotopic (exact) mass is 420 g/mol. The molecule has 0 radical (unpaired) electrons. The van der Waals surface area contributed by atoms with Gasteiger partial charge < -0.3 is 21.1 Å². The molecule has 4 rings (SSSR count). The summed E-state index contributed by atoms with van der Waals surface area (Å²) in [6, 6.07) is 14.7. The third kappa shape index (κ3) is 4.32. The quantitative estimate of drug-likeness (QED) is 0.517. The van der Waals surface area contributed by atoms with Crippen molar-refractivity contribution in [2.45, 2.75) is 19.8 Å². The zero-order valence-corrected chi connectivity index (χ0v) is 16.8. The second kappa shape index (κ2) is 8.06. The maximum atomic E-state index is 14.7. The number of para-hydroxylation sites is 1. The lowest BCUT2D eigenvalue weighted by atomic mass is 10.0. The molecule has 0 aliphatic heterocycles. The second-order valence-corrected chi connectivity index (χ2v) is 7.47.